The van der Waals surface area contributed by atoms with E-state index in [0.29, 0.717) is 13.0 Å². The summed E-state index contributed by atoms with van der Waals surface area (Å²) in [5.41, 5.74) is 8.11. The molecule has 1 aromatic rings. The van der Waals surface area contributed by atoms with Gasteiger partial charge in [-0.25, -0.2) is 0 Å². The molecule has 106 valence electrons. The smallest absolute Gasteiger partial charge is 0.323 e. The molecule has 1 atom stereocenters. The van der Waals surface area contributed by atoms with Crippen LogP contribution in [0, 0.1) is 0 Å². The molecule has 4 nitrogen and oxygen atoms in total. The quantitative estimate of drug-likeness (QED) is 0.760. The first-order valence-electron chi connectivity index (χ1n) is 6.75. The van der Waals surface area contributed by atoms with Gasteiger partial charge in [-0.05, 0) is 38.1 Å². The van der Waals surface area contributed by atoms with Gasteiger partial charge in [0, 0.05) is 6.54 Å². The maximum absolute atomic E-state index is 11.4. The fraction of sp³-hybridized carbons (Fsp3) is 0.533. The van der Waals surface area contributed by atoms with Crippen LogP contribution < -0.4 is 5.73 Å². The Kier molecular flexibility index (Phi) is 6.53. The van der Waals surface area contributed by atoms with Gasteiger partial charge in [-0.2, -0.15) is 0 Å². The second-order valence-corrected chi connectivity index (χ2v) is 4.71. The van der Waals surface area contributed by atoms with Crippen molar-refractivity contribution in [1.29, 1.82) is 0 Å². The molecule has 0 aliphatic heterocycles. The molecule has 1 aromatic carbocycles. The highest BCUT2D eigenvalue weighted by Crippen LogP contribution is 2.09. The molecule has 1 unspecified atom stereocenters. The molecule has 0 radical (unpaired) electrons. The Hall–Kier alpha value is -1.39. The lowest BCUT2D eigenvalue weighted by Crippen LogP contribution is -2.34. The highest BCUT2D eigenvalue weighted by molar-refractivity contribution is 5.75. The number of ether oxygens (including phenoxy) is 1. The average Bonchev–Trinajstić information content (AvgIpc) is 2.41. The van der Waals surface area contributed by atoms with E-state index in [0.717, 1.165) is 18.7 Å². The lowest BCUT2D eigenvalue weighted by atomic mass is 10.0. The lowest BCUT2D eigenvalue weighted by molar-refractivity contribution is -0.144. The summed E-state index contributed by atoms with van der Waals surface area (Å²) in [7, 11) is 2.09. The van der Waals surface area contributed by atoms with Gasteiger partial charge in [0.2, 0.25) is 0 Å². The van der Waals surface area contributed by atoms with Gasteiger partial charge < -0.3 is 15.4 Å². The maximum atomic E-state index is 11.4. The highest BCUT2D eigenvalue weighted by atomic mass is 16.5. The van der Waals surface area contributed by atoms with Gasteiger partial charge >= 0.3 is 5.97 Å². The zero-order valence-electron chi connectivity index (χ0n) is 12.1. The molecule has 4 heteroatoms. The second kappa shape index (κ2) is 7.92. The van der Waals surface area contributed by atoms with Crippen LogP contribution in [0.3, 0.4) is 0 Å². The topological polar surface area (TPSA) is 55.6 Å². The van der Waals surface area contributed by atoms with Crippen molar-refractivity contribution in [2.75, 3.05) is 20.2 Å². The SMILES string of the molecule is CCOC(=O)C(N)Cc1ccc(CN(C)CC)cc1. The number of hydrogen-bond acceptors (Lipinski definition) is 4. The van der Waals surface area contributed by atoms with Crippen LogP contribution in [-0.2, 0) is 22.5 Å². The highest BCUT2D eigenvalue weighted by Gasteiger charge is 2.14. The molecule has 0 spiro atoms. The van der Waals surface area contributed by atoms with E-state index in [2.05, 4.69) is 31.0 Å². The van der Waals surface area contributed by atoms with E-state index in [9.17, 15) is 4.79 Å². The Morgan fingerprint density at radius 1 is 1.26 bits per heavy atom. The van der Waals surface area contributed by atoms with Crippen LogP contribution in [0.5, 0.6) is 0 Å². The Balaban J connectivity index is 2.54. The van der Waals surface area contributed by atoms with Crippen LogP contribution in [-0.4, -0.2) is 37.1 Å². The van der Waals surface area contributed by atoms with Crippen molar-refractivity contribution in [2.45, 2.75) is 32.9 Å². The molecular weight excluding hydrogens is 240 g/mol. The number of nitrogens with zero attached hydrogens (tertiary/aromatic N) is 1. The molecule has 0 aliphatic rings. The molecule has 0 saturated heterocycles. The third kappa shape index (κ3) is 5.41. The van der Waals surface area contributed by atoms with Gasteiger partial charge in [-0.3, -0.25) is 4.79 Å². The van der Waals surface area contributed by atoms with E-state index in [1.54, 1.807) is 6.92 Å². The standard InChI is InChI=1S/C15H24N2O2/c1-4-17(3)11-13-8-6-12(7-9-13)10-14(16)15(18)19-5-2/h6-9,14H,4-5,10-11,16H2,1-3H3. The Bertz CT molecular complexity index is 390. The number of nitrogens with two attached hydrogens (primary N) is 1. The molecular formula is C15H24N2O2. The van der Waals surface area contributed by atoms with Crippen molar-refractivity contribution >= 4 is 5.97 Å². The van der Waals surface area contributed by atoms with Crippen LogP contribution in [0.15, 0.2) is 24.3 Å². The molecule has 1 rings (SSSR count). The summed E-state index contributed by atoms with van der Waals surface area (Å²) >= 11 is 0. The third-order valence-corrected chi connectivity index (χ3v) is 3.06. The second-order valence-electron chi connectivity index (χ2n) is 4.71. The minimum atomic E-state index is -0.580. The van der Waals surface area contributed by atoms with E-state index in [-0.39, 0.29) is 5.97 Å². The number of carbonyl (C=O) groups is 1. The molecule has 0 aliphatic carbocycles. The van der Waals surface area contributed by atoms with Crippen LogP contribution in [0.25, 0.3) is 0 Å². The Labute approximate surface area is 115 Å². The minimum Gasteiger partial charge on any atom is -0.465 e. The number of hydrogen-bond donors (Lipinski definition) is 1. The lowest BCUT2D eigenvalue weighted by Gasteiger charge is -2.14. The van der Waals surface area contributed by atoms with Crippen molar-refractivity contribution in [2.24, 2.45) is 5.73 Å². The van der Waals surface area contributed by atoms with Crippen molar-refractivity contribution in [3.05, 3.63) is 35.4 Å². The zero-order valence-corrected chi connectivity index (χ0v) is 12.1. The summed E-state index contributed by atoms with van der Waals surface area (Å²) in [6.07, 6.45) is 0.517. The normalized spacial score (nSPS) is 12.5. The van der Waals surface area contributed by atoms with Crippen molar-refractivity contribution < 1.29 is 9.53 Å². The molecule has 19 heavy (non-hydrogen) atoms. The number of carbonyl (C=O) groups excluding carboxylic acids is 1. The summed E-state index contributed by atoms with van der Waals surface area (Å²) in [5, 5.41) is 0. The molecule has 0 amide bonds. The fourth-order valence-electron chi connectivity index (χ4n) is 1.79. The van der Waals surface area contributed by atoms with E-state index < -0.39 is 6.04 Å². The maximum Gasteiger partial charge on any atom is 0.323 e. The van der Waals surface area contributed by atoms with Gasteiger partial charge in [0.25, 0.3) is 0 Å². The molecule has 0 aromatic heterocycles. The number of benzene rings is 1. The largest absolute Gasteiger partial charge is 0.465 e. The summed E-state index contributed by atoms with van der Waals surface area (Å²) < 4.78 is 4.90. The fourth-order valence-corrected chi connectivity index (χ4v) is 1.79. The molecule has 2 N–H and O–H groups in total. The van der Waals surface area contributed by atoms with Gasteiger partial charge in [-0.1, -0.05) is 31.2 Å². The summed E-state index contributed by atoms with van der Waals surface area (Å²) in [6.45, 7) is 6.24. The van der Waals surface area contributed by atoms with E-state index in [1.807, 2.05) is 12.1 Å². The first-order valence-corrected chi connectivity index (χ1v) is 6.75. The van der Waals surface area contributed by atoms with Gasteiger partial charge in [0.1, 0.15) is 6.04 Å². The molecule has 0 saturated carbocycles. The predicted octanol–water partition coefficient (Wildman–Crippen LogP) is 1.57. The Morgan fingerprint density at radius 2 is 1.84 bits per heavy atom. The monoisotopic (exact) mass is 264 g/mol. The number of rotatable bonds is 7. The van der Waals surface area contributed by atoms with Gasteiger partial charge in [-0.15, -0.1) is 0 Å². The van der Waals surface area contributed by atoms with E-state index in [1.165, 1.54) is 5.56 Å². The van der Waals surface area contributed by atoms with Gasteiger partial charge in [0.15, 0.2) is 0 Å². The van der Waals surface area contributed by atoms with Crippen molar-refractivity contribution in [3.63, 3.8) is 0 Å². The summed E-state index contributed by atoms with van der Waals surface area (Å²) in [5.74, 6) is -0.336. The summed E-state index contributed by atoms with van der Waals surface area (Å²) in [4.78, 5) is 13.7. The first kappa shape index (κ1) is 15.7. The molecule has 0 bridgehead atoms. The zero-order chi connectivity index (χ0) is 14.3. The molecule has 0 fully saturated rings. The predicted molar refractivity (Wildman–Crippen MR) is 76.8 cm³/mol. The van der Waals surface area contributed by atoms with E-state index >= 15 is 0 Å². The third-order valence-electron chi connectivity index (χ3n) is 3.06. The van der Waals surface area contributed by atoms with Crippen LogP contribution in [0.2, 0.25) is 0 Å². The van der Waals surface area contributed by atoms with Crippen LogP contribution in [0.4, 0.5) is 0 Å². The Morgan fingerprint density at radius 3 is 2.37 bits per heavy atom. The van der Waals surface area contributed by atoms with Crippen molar-refractivity contribution in [1.82, 2.24) is 4.90 Å². The number of esters is 1. The van der Waals surface area contributed by atoms with Crippen molar-refractivity contribution in [3.8, 4) is 0 Å². The van der Waals surface area contributed by atoms with Crippen LogP contribution >= 0.6 is 0 Å². The van der Waals surface area contributed by atoms with E-state index in [4.69, 9.17) is 10.5 Å². The molecule has 0 heterocycles. The summed E-state index contributed by atoms with van der Waals surface area (Å²) in [6, 6.07) is 7.64. The average molecular weight is 264 g/mol. The van der Waals surface area contributed by atoms with Crippen LogP contribution in [0.1, 0.15) is 25.0 Å². The minimum absolute atomic E-state index is 0.336. The van der Waals surface area contributed by atoms with Gasteiger partial charge in [0.05, 0.1) is 6.61 Å². The first-order chi connectivity index (χ1) is 9.06.